The molecule has 5 nitrogen and oxygen atoms in total. The van der Waals surface area contributed by atoms with Crippen molar-refractivity contribution in [1.82, 2.24) is 10.6 Å². The Bertz CT molecular complexity index is 308. The summed E-state index contributed by atoms with van der Waals surface area (Å²) in [5.74, 6) is 0.0437. The van der Waals surface area contributed by atoms with Gasteiger partial charge in [-0.1, -0.05) is 34.6 Å². The summed E-state index contributed by atoms with van der Waals surface area (Å²) < 4.78 is 0. The summed E-state index contributed by atoms with van der Waals surface area (Å²) in [5.41, 5.74) is 5.82. The lowest BCUT2D eigenvalue weighted by atomic mass is 9.85. The maximum atomic E-state index is 11.8. The van der Waals surface area contributed by atoms with Crippen LogP contribution in [0, 0.1) is 11.3 Å². The van der Waals surface area contributed by atoms with E-state index in [4.69, 9.17) is 5.73 Å². The zero-order valence-corrected chi connectivity index (χ0v) is 13.0. The second-order valence-corrected chi connectivity index (χ2v) is 6.60. The normalized spacial score (nSPS) is 14.9. The summed E-state index contributed by atoms with van der Waals surface area (Å²) in [6, 6.07) is -0.753. The molecule has 2 amide bonds. The van der Waals surface area contributed by atoms with Crippen LogP contribution >= 0.6 is 0 Å². The maximum absolute atomic E-state index is 11.8. The van der Waals surface area contributed by atoms with Gasteiger partial charge < -0.3 is 16.4 Å². The molecule has 0 aromatic carbocycles. The SMILES string of the molecule is CC(C)CNC(=O)C(C)NC(=O)CC(N)C(C)(C)C. The fraction of sp³-hybridized carbons (Fsp3) is 0.857. The second kappa shape index (κ2) is 7.48. The Morgan fingerprint density at radius 2 is 1.68 bits per heavy atom. The molecule has 0 fully saturated rings. The van der Waals surface area contributed by atoms with Crippen LogP contribution in [0.5, 0.6) is 0 Å². The molecule has 5 heteroatoms. The van der Waals surface area contributed by atoms with E-state index >= 15 is 0 Å². The Morgan fingerprint density at radius 3 is 2.11 bits per heavy atom. The van der Waals surface area contributed by atoms with Gasteiger partial charge in [-0.2, -0.15) is 0 Å². The minimum atomic E-state index is -0.529. The molecule has 0 bridgehead atoms. The van der Waals surface area contributed by atoms with E-state index in [-0.39, 0.29) is 29.7 Å². The summed E-state index contributed by atoms with van der Waals surface area (Å²) in [6.07, 6.45) is 0.227. The first-order valence-corrected chi connectivity index (χ1v) is 6.86. The molecule has 0 saturated heterocycles. The molecule has 0 aliphatic carbocycles. The molecule has 0 heterocycles. The number of nitrogens with two attached hydrogens (primary N) is 1. The van der Waals surface area contributed by atoms with Gasteiger partial charge in [-0.3, -0.25) is 9.59 Å². The van der Waals surface area contributed by atoms with Gasteiger partial charge in [-0.15, -0.1) is 0 Å². The second-order valence-electron chi connectivity index (χ2n) is 6.60. The van der Waals surface area contributed by atoms with Gasteiger partial charge in [0, 0.05) is 19.0 Å². The molecule has 0 aliphatic heterocycles. The molecule has 2 unspecified atom stereocenters. The van der Waals surface area contributed by atoms with E-state index in [1.165, 1.54) is 0 Å². The fourth-order valence-corrected chi connectivity index (χ4v) is 1.33. The molecule has 0 aromatic heterocycles. The Labute approximate surface area is 116 Å². The Morgan fingerprint density at radius 1 is 1.16 bits per heavy atom. The summed E-state index contributed by atoms with van der Waals surface area (Å²) in [5, 5.41) is 5.46. The quantitative estimate of drug-likeness (QED) is 0.674. The molecule has 4 N–H and O–H groups in total. The maximum Gasteiger partial charge on any atom is 0.242 e. The lowest BCUT2D eigenvalue weighted by Gasteiger charge is -2.27. The first-order valence-electron chi connectivity index (χ1n) is 6.86. The summed E-state index contributed by atoms with van der Waals surface area (Å²) in [4.78, 5) is 23.5. The molecule has 2 atom stereocenters. The van der Waals surface area contributed by atoms with Crippen LogP contribution < -0.4 is 16.4 Å². The smallest absolute Gasteiger partial charge is 0.242 e. The van der Waals surface area contributed by atoms with E-state index in [1.807, 2.05) is 34.6 Å². The standard InChI is InChI=1S/C14H29N3O2/c1-9(2)8-16-13(19)10(3)17-12(18)7-11(15)14(4,5)6/h9-11H,7-8,15H2,1-6H3,(H,16,19)(H,17,18). The van der Waals surface area contributed by atoms with Crippen LogP contribution in [0.1, 0.15) is 48.0 Å². The third-order valence-electron chi connectivity index (χ3n) is 2.97. The van der Waals surface area contributed by atoms with E-state index in [0.717, 1.165) is 0 Å². The number of amides is 2. The zero-order valence-electron chi connectivity index (χ0n) is 13.0. The summed E-state index contributed by atoms with van der Waals surface area (Å²) in [7, 11) is 0. The number of carbonyl (C=O) groups is 2. The van der Waals surface area contributed by atoms with Crippen molar-refractivity contribution in [2.24, 2.45) is 17.1 Å². The molecule has 0 saturated carbocycles. The van der Waals surface area contributed by atoms with Crippen LogP contribution in [0.3, 0.4) is 0 Å². The van der Waals surface area contributed by atoms with E-state index in [9.17, 15) is 9.59 Å². The predicted octanol–water partition coefficient (Wildman–Crippen LogP) is 1.03. The molecule has 0 rings (SSSR count). The van der Waals surface area contributed by atoms with Crippen LogP contribution in [0.25, 0.3) is 0 Å². The fourth-order valence-electron chi connectivity index (χ4n) is 1.33. The highest BCUT2D eigenvalue weighted by Crippen LogP contribution is 2.19. The third kappa shape index (κ3) is 7.82. The van der Waals surface area contributed by atoms with Gasteiger partial charge in [0.2, 0.25) is 11.8 Å². The first kappa shape index (κ1) is 17.9. The van der Waals surface area contributed by atoms with Crippen molar-refractivity contribution in [2.45, 2.75) is 60.0 Å². The van der Waals surface area contributed by atoms with Gasteiger partial charge in [0.1, 0.15) is 6.04 Å². The minimum absolute atomic E-state index is 0.125. The molecule has 112 valence electrons. The van der Waals surface area contributed by atoms with Crippen LogP contribution in [0.2, 0.25) is 0 Å². The Hall–Kier alpha value is -1.10. The van der Waals surface area contributed by atoms with Crippen molar-refractivity contribution in [3.8, 4) is 0 Å². The van der Waals surface area contributed by atoms with Crippen LogP contribution in [0.4, 0.5) is 0 Å². The van der Waals surface area contributed by atoms with Crippen LogP contribution in [-0.4, -0.2) is 30.4 Å². The van der Waals surface area contributed by atoms with Crippen LogP contribution in [0.15, 0.2) is 0 Å². The molecular formula is C14H29N3O2. The van der Waals surface area contributed by atoms with Crippen molar-refractivity contribution in [2.75, 3.05) is 6.54 Å². The number of nitrogens with one attached hydrogen (secondary N) is 2. The first-order chi connectivity index (χ1) is 8.54. The Kier molecular flexibility index (Phi) is 7.05. The molecule has 19 heavy (non-hydrogen) atoms. The van der Waals surface area contributed by atoms with Gasteiger partial charge in [0.05, 0.1) is 0 Å². The highest BCUT2D eigenvalue weighted by atomic mass is 16.2. The van der Waals surface area contributed by atoms with E-state index < -0.39 is 6.04 Å². The summed E-state index contributed by atoms with van der Waals surface area (Å²) >= 11 is 0. The number of hydrogen-bond acceptors (Lipinski definition) is 3. The van der Waals surface area contributed by atoms with Gasteiger partial charge in [-0.25, -0.2) is 0 Å². The van der Waals surface area contributed by atoms with Gasteiger partial charge in [-0.05, 0) is 18.3 Å². The van der Waals surface area contributed by atoms with Crippen molar-refractivity contribution < 1.29 is 9.59 Å². The highest BCUT2D eigenvalue weighted by Gasteiger charge is 2.24. The van der Waals surface area contributed by atoms with Crippen LogP contribution in [-0.2, 0) is 9.59 Å². The largest absolute Gasteiger partial charge is 0.354 e. The molecule has 0 aromatic rings. The molecular weight excluding hydrogens is 242 g/mol. The molecule has 0 radical (unpaired) electrons. The Balaban J connectivity index is 4.15. The zero-order chi connectivity index (χ0) is 15.2. The number of rotatable bonds is 6. The van der Waals surface area contributed by atoms with Gasteiger partial charge >= 0.3 is 0 Å². The van der Waals surface area contributed by atoms with E-state index in [2.05, 4.69) is 10.6 Å². The van der Waals surface area contributed by atoms with E-state index in [1.54, 1.807) is 6.92 Å². The van der Waals surface area contributed by atoms with Crippen molar-refractivity contribution in [3.05, 3.63) is 0 Å². The topological polar surface area (TPSA) is 84.2 Å². The lowest BCUT2D eigenvalue weighted by Crippen LogP contribution is -2.48. The third-order valence-corrected chi connectivity index (χ3v) is 2.97. The van der Waals surface area contributed by atoms with Gasteiger partial charge in [0.25, 0.3) is 0 Å². The monoisotopic (exact) mass is 271 g/mol. The lowest BCUT2D eigenvalue weighted by molar-refractivity contribution is -0.129. The average molecular weight is 271 g/mol. The minimum Gasteiger partial charge on any atom is -0.354 e. The van der Waals surface area contributed by atoms with Crippen molar-refractivity contribution in [3.63, 3.8) is 0 Å². The van der Waals surface area contributed by atoms with E-state index in [0.29, 0.717) is 12.5 Å². The predicted molar refractivity (Wildman–Crippen MR) is 77.5 cm³/mol. The molecule has 0 spiro atoms. The highest BCUT2D eigenvalue weighted by molar-refractivity contribution is 5.87. The van der Waals surface area contributed by atoms with Gasteiger partial charge in [0.15, 0.2) is 0 Å². The summed E-state index contributed by atoms with van der Waals surface area (Å²) in [6.45, 7) is 12.3. The average Bonchev–Trinajstić information content (AvgIpc) is 2.23. The van der Waals surface area contributed by atoms with Crippen molar-refractivity contribution in [1.29, 1.82) is 0 Å². The number of carbonyl (C=O) groups excluding carboxylic acids is 2. The van der Waals surface area contributed by atoms with Crippen molar-refractivity contribution >= 4 is 11.8 Å². The molecule has 0 aliphatic rings. The number of hydrogen-bond donors (Lipinski definition) is 3.